The van der Waals surface area contributed by atoms with Crippen molar-refractivity contribution in [1.29, 1.82) is 0 Å². The fraction of sp³-hybridized carbons (Fsp3) is 0.633. The number of esters is 1. The highest BCUT2D eigenvalue weighted by molar-refractivity contribution is 5.94. The number of ether oxygens (including phenoxy) is 1. The van der Waals surface area contributed by atoms with Crippen molar-refractivity contribution in [2.45, 2.75) is 105 Å². The number of Topliss-reactive ketones (excluding diaryl/α,β-unsaturated/α-hetero) is 1. The second-order valence-electron chi connectivity index (χ2n) is 11.2. The fourth-order valence-electron chi connectivity index (χ4n) is 3.97. The highest BCUT2D eigenvalue weighted by Crippen LogP contribution is 2.13. The molecule has 10 nitrogen and oxygen atoms in total. The summed E-state index contributed by atoms with van der Waals surface area (Å²) in [6, 6.07) is 5.97. The van der Waals surface area contributed by atoms with E-state index in [-0.39, 0.29) is 30.0 Å². The molecule has 0 saturated heterocycles. The summed E-state index contributed by atoms with van der Waals surface area (Å²) >= 11 is 0. The monoisotopic (exact) mass is 560 g/mol. The number of nitrogens with two attached hydrogens (primary N) is 1. The highest BCUT2D eigenvalue weighted by Gasteiger charge is 2.33. The van der Waals surface area contributed by atoms with Gasteiger partial charge in [-0.1, -0.05) is 78.3 Å². The lowest BCUT2D eigenvalue weighted by molar-refractivity contribution is -0.152. The predicted molar refractivity (Wildman–Crippen MR) is 154 cm³/mol. The van der Waals surface area contributed by atoms with E-state index in [1.54, 1.807) is 34.6 Å². The Balaban J connectivity index is 2.92. The number of nitrogens with one attached hydrogen (secondary N) is 3. The first-order valence-corrected chi connectivity index (χ1v) is 14.1. The SMILES string of the molecule is CC[C@H](C)C(NC(=O)CC(C)OC(=O)[C@@H](N)C(C)C)C(=O)NC(C(=O)N[C@@H](Cc1ccccc1)C(C)=O)C(C)C. The van der Waals surface area contributed by atoms with Crippen molar-refractivity contribution in [2.24, 2.45) is 23.5 Å². The zero-order valence-corrected chi connectivity index (χ0v) is 25.2. The van der Waals surface area contributed by atoms with Crippen molar-refractivity contribution in [3.05, 3.63) is 35.9 Å². The molecule has 0 saturated carbocycles. The molecule has 40 heavy (non-hydrogen) atoms. The van der Waals surface area contributed by atoms with Gasteiger partial charge in [-0.25, -0.2) is 0 Å². The quantitative estimate of drug-likeness (QED) is 0.226. The lowest BCUT2D eigenvalue weighted by Crippen LogP contribution is -2.58. The van der Waals surface area contributed by atoms with Gasteiger partial charge < -0.3 is 26.4 Å². The molecule has 3 unspecified atom stereocenters. The van der Waals surface area contributed by atoms with Crippen LogP contribution in [0, 0.1) is 17.8 Å². The van der Waals surface area contributed by atoms with Crippen molar-refractivity contribution in [3.8, 4) is 0 Å². The Morgan fingerprint density at radius 3 is 1.90 bits per heavy atom. The van der Waals surface area contributed by atoms with Crippen LogP contribution in [0.15, 0.2) is 30.3 Å². The molecule has 5 N–H and O–H groups in total. The van der Waals surface area contributed by atoms with Crippen LogP contribution in [0.4, 0.5) is 0 Å². The maximum atomic E-state index is 13.4. The number of ketones is 1. The second kappa shape index (κ2) is 16.7. The van der Waals surface area contributed by atoms with Gasteiger partial charge in [-0.05, 0) is 43.6 Å². The van der Waals surface area contributed by atoms with E-state index < -0.39 is 54.0 Å². The molecular weight excluding hydrogens is 512 g/mol. The van der Waals surface area contributed by atoms with Crippen molar-refractivity contribution in [2.75, 3.05) is 0 Å². The van der Waals surface area contributed by atoms with Gasteiger partial charge in [0.15, 0.2) is 5.78 Å². The van der Waals surface area contributed by atoms with Crippen LogP contribution in [-0.4, -0.2) is 59.7 Å². The number of hydrogen-bond acceptors (Lipinski definition) is 7. The van der Waals surface area contributed by atoms with E-state index in [0.29, 0.717) is 12.8 Å². The lowest BCUT2D eigenvalue weighted by Gasteiger charge is -2.29. The number of rotatable bonds is 16. The molecule has 0 spiro atoms. The fourth-order valence-corrected chi connectivity index (χ4v) is 3.97. The molecule has 0 aliphatic heterocycles. The van der Waals surface area contributed by atoms with E-state index in [9.17, 15) is 24.0 Å². The Kier molecular flexibility index (Phi) is 14.6. The normalized spacial score (nSPS) is 15.8. The van der Waals surface area contributed by atoms with Gasteiger partial charge in [0.1, 0.15) is 24.2 Å². The van der Waals surface area contributed by atoms with Crippen molar-refractivity contribution in [3.63, 3.8) is 0 Å². The average molecular weight is 561 g/mol. The highest BCUT2D eigenvalue weighted by atomic mass is 16.5. The number of amides is 3. The van der Waals surface area contributed by atoms with Gasteiger partial charge in [0.05, 0.1) is 12.5 Å². The van der Waals surface area contributed by atoms with Crippen molar-refractivity contribution < 1.29 is 28.7 Å². The summed E-state index contributed by atoms with van der Waals surface area (Å²) < 4.78 is 5.29. The number of hydrogen-bond donors (Lipinski definition) is 4. The predicted octanol–water partition coefficient (Wildman–Crippen LogP) is 2.28. The van der Waals surface area contributed by atoms with Crippen molar-refractivity contribution >= 4 is 29.5 Å². The number of carbonyl (C=O) groups excluding carboxylic acids is 5. The molecule has 0 heterocycles. The third-order valence-corrected chi connectivity index (χ3v) is 6.93. The molecular formula is C30H48N4O6. The molecule has 0 aliphatic rings. The van der Waals surface area contributed by atoms with E-state index in [1.807, 2.05) is 44.2 Å². The zero-order valence-electron chi connectivity index (χ0n) is 25.2. The van der Waals surface area contributed by atoms with Gasteiger partial charge >= 0.3 is 5.97 Å². The molecule has 10 heteroatoms. The van der Waals surface area contributed by atoms with Crippen LogP contribution in [0.1, 0.15) is 73.8 Å². The average Bonchev–Trinajstić information content (AvgIpc) is 2.88. The molecule has 1 aromatic rings. The lowest BCUT2D eigenvalue weighted by atomic mass is 9.95. The minimum Gasteiger partial charge on any atom is -0.461 e. The summed E-state index contributed by atoms with van der Waals surface area (Å²) in [6.07, 6.45) is 0.0378. The second-order valence-corrected chi connectivity index (χ2v) is 11.2. The molecule has 6 atom stereocenters. The molecule has 0 aromatic heterocycles. The Hall–Kier alpha value is -3.27. The van der Waals surface area contributed by atoms with Crippen LogP contribution in [0.3, 0.4) is 0 Å². The number of carbonyl (C=O) groups is 5. The van der Waals surface area contributed by atoms with Gasteiger partial charge in [0.2, 0.25) is 17.7 Å². The largest absolute Gasteiger partial charge is 0.461 e. The number of benzene rings is 1. The van der Waals surface area contributed by atoms with Crippen LogP contribution in [-0.2, 0) is 35.1 Å². The third kappa shape index (κ3) is 11.5. The molecule has 0 bridgehead atoms. The van der Waals surface area contributed by atoms with E-state index in [1.165, 1.54) is 6.92 Å². The minimum absolute atomic E-state index is 0.109. The maximum absolute atomic E-state index is 13.4. The molecule has 0 aliphatic carbocycles. The molecule has 1 rings (SSSR count). The summed E-state index contributed by atoms with van der Waals surface area (Å²) in [6.45, 7) is 13.9. The third-order valence-electron chi connectivity index (χ3n) is 6.93. The summed E-state index contributed by atoms with van der Waals surface area (Å²) in [5.41, 5.74) is 6.72. The van der Waals surface area contributed by atoms with E-state index in [4.69, 9.17) is 10.5 Å². The van der Waals surface area contributed by atoms with Gasteiger partial charge in [0.25, 0.3) is 0 Å². The summed E-state index contributed by atoms with van der Waals surface area (Å²) in [5.74, 6) is -2.87. The summed E-state index contributed by atoms with van der Waals surface area (Å²) in [7, 11) is 0. The van der Waals surface area contributed by atoms with Crippen LogP contribution in [0.25, 0.3) is 0 Å². The van der Waals surface area contributed by atoms with Crippen LogP contribution >= 0.6 is 0 Å². The smallest absolute Gasteiger partial charge is 0.323 e. The van der Waals surface area contributed by atoms with Gasteiger partial charge in [-0.15, -0.1) is 0 Å². The molecule has 0 radical (unpaired) electrons. The first-order chi connectivity index (χ1) is 18.7. The zero-order chi connectivity index (χ0) is 30.6. The Bertz CT molecular complexity index is 997. The molecule has 1 aromatic carbocycles. The topological polar surface area (TPSA) is 157 Å². The van der Waals surface area contributed by atoms with Gasteiger partial charge in [-0.2, -0.15) is 0 Å². The van der Waals surface area contributed by atoms with E-state index in [0.717, 1.165) is 5.56 Å². The van der Waals surface area contributed by atoms with E-state index >= 15 is 0 Å². The first-order valence-electron chi connectivity index (χ1n) is 14.1. The van der Waals surface area contributed by atoms with E-state index in [2.05, 4.69) is 16.0 Å². The van der Waals surface area contributed by atoms with Crippen LogP contribution in [0.5, 0.6) is 0 Å². The van der Waals surface area contributed by atoms with Crippen LogP contribution in [0.2, 0.25) is 0 Å². The Morgan fingerprint density at radius 1 is 0.825 bits per heavy atom. The summed E-state index contributed by atoms with van der Waals surface area (Å²) in [4.78, 5) is 63.8. The molecule has 3 amide bonds. The minimum atomic E-state index is -0.925. The molecule has 0 fully saturated rings. The summed E-state index contributed by atoms with van der Waals surface area (Å²) in [5, 5.41) is 8.30. The Morgan fingerprint density at radius 2 is 1.40 bits per heavy atom. The van der Waals surface area contributed by atoms with Crippen molar-refractivity contribution in [1.82, 2.24) is 16.0 Å². The van der Waals surface area contributed by atoms with Gasteiger partial charge in [0, 0.05) is 0 Å². The molecule has 224 valence electrons. The standard InChI is InChI=1S/C30H48N4O6/c1-9-19(6)27(33-24(36)15-20(7)40-30(39)25(31)17(2)3)29(38)34-26(18(4)5)28(37)32-23(21(8)35)16-22-13-11-10-12-14-22/h10-14,17-20,23,25-27H,9,15-16,31H2,1-8H3,(H,32,37)(H,33,36)(H,34,38)/t19-,20?,23-,25-,26?,27?/m0/s1. The first kappa shape index (κ1) is 34.8. The Labute approximate surface area is 238 Å². The van der Waals surface area contributed by atoms with Crippen LogP contribution < -0.4 is 21.7 Å². The maximum Gasteiger partial charge on any atom is 0.323 e. The van der Waals surface area contributed by atoms with Gasteiger partial charge in [-0.3, -0.25) is 24.0 Å².